The van der Waals surface area contributed by atoms with Crippen molar-refractivity contribution >= 4 is 22.5 Å². The Labute approximate surface area is 127 Å². The minimum absolute atomic E-state index is 0.0922. The number of ether oxygens (including phenoxy) is 1. The molecule has 2 aromatic rings. The Bertz CT molecular complexity index is 614. The molecule has 0 radical (unpaired) electrons. The molecule has 1 atom stereocenters. The van der Waals surface area contributed by atoms with Gasteiger partial charge in [0.15, 0.2) is 10.2 Å². The smallest absolute Gasteiger partial charge is 0.323 e. The van der Waals surface area contributed by atoms with E-state index < -0.39 is 0 Å². The van der Waals surface area contributed by atoms with Gasteiger partial charge in [0.2, 0.25) is 0 Å². The normalized spacial score (nSPS) is 17.8. The maximum atomic E-state index is 12.2. The van der Waals surface area contributed by atoms with E-state index in [0.29, 0.717) is 16.1 Å². The third-order valence-corrected chi connectivity index (χ3v) is 4.52. The predicted molar refractivity (Wildman–Crippen MR) is 83.1 cm³/mol. The molecule has 110 valence electrons. The molecule has 21 heavy (non-hydrogen) atoms. The Morgan fingerprint density at radius 3 is 2.95 bits per heavy atom. The summed E-state index contributed by atoms with van der Waals surface area (Å²) in [5.74, 6) is 0.419. The Morgan fingerprint density at radius 2 is 2.24 bits per heavy atom. The molecule has 3 rings (SSSR count). The first-order chi connectivity index (χ1) is 10.3. The number of methoxy groups -OCH3 is 1. The van der Waals surface area contributed by atoms with E-state index in [2.05, 4.69) is 22.4 Å². The number of hydrogen-bond donors (Lipinski definition) is 1. The van der Waals surface area contributed by atoms with Crippen LogP contribution in [0.2, 0.25) is 0 Å². The molecular weight excluding hydrogens is 286 g/mol. The molecular formula is C15H17N3O2S. The van der Waals surface area contributed by atoms with Gasteiger partial charge in [-0.05, 0) is 12.0 Å². The number of nitrogens with one attached hydrogen (secondary N) is 1. The van der Waals surface area contributed by atoms with Crippen LogP contribution < -0.4 is 10.1 Å². The van der Waals surface area contributed by atoms with Crippen molar-refractivity contribution in [3.63, 3.8) is 0 Å². The van der Waals surface area contributed by atoms with Crippen LogP contribution in [0.5, 0.6) is 5.06 Å². The van der Waals surface area contributed by atoms with Crippen LogP contribution in [0.3, 0.4) is 0 Å². The maximum absolute atomic E-state index is 12.2. The van der Waals surface area contributed by atoms with E-state index in [-0.39, 0.29) is 6.03 Å². The fourth-order valence-corrected chi connectivity index (χ4v) is 3.15. The number of aromatic nitrogens is 1. The second kappa shape index (κ2) is 6.13. The summed E-state index contributed by atoms with van der Waals surface area (Å²) >= 11 is 1.33. The van der Waals surface area contributed by atoms with Crippen LogP contribution >= 0.6 is 11.3 Å². The molecule has 0 unspecified atom stereocenters. The molecule has 1 saturated heterocycles. The summed E-state index contributed by atoms with van der Waals surface area (Å²) in [6.45, 7) is 1.52. The van der Waals surface area contributed by atoms with Gasteiger partial charge in [-0.3, -0.25) is 5.32 Å². The van der Waals surface area contributed by atoms with Gasteiger partial charge in [0.05, 0.1) is 13.3 Å². The summed E-state index contributed by atoms with van der Waals surface area (Å²) in [6, 6.07) is 10.2. The monoisotopic (exact) mass is 303 g/mol. The molecule has 6 heteroatoms. The number of urea groups is 1. The van der Waals surface area contributed by atoms with Gasteiger partial charge in [0.1, 0.15) is 0 Å². The highest BCUT2D eigenvalue weighted by Crippen LogP contribution is 2.29. The van der Waals surface area contributed by atoms with Gasteiger partial charge >= 0.3 is 6.03 Å². The van der Waals surface area contributed by atoms with E-state index in [0.717, 1.165) is 19.5 Å². The first-order valence-corrected chi connectivity index (χ1v) is 7.68. The van der Waals surface area contributed by atoms with Crippen molar-refractivity contribution in [2.24, 2.45) is 0 Å². The molecule has 2 heterocycles. The summed E-state index contributed by atoms with van der Waals surface area (Å²) in [5.41, 5.74) is 1.30. The summed E-state index contributed by atoms with van der Waals surface area (Å²) in [6.07, 6.45) is 2.61. The average molecular weight is 303 g/mol. The topological polar surface area (TPSA) is 54.5 Å². The first kappa shape index (κ1) is 13.9. The van der Waals surface area contributed by atoms with Gasteiger partial charge in [-0.2, -0.15) is 0 Å². The number of rotatable bonds is 3. The highest BCUT2D eigenvalue weighted by atomic mass is 32.1. The van der Waals surface area contributed by atoms with Crippen LogP contribution in [0.25, 0.3) is 0 Å². The van der Waals surface area contributed by atoms with Crippen molar-refractivity contribution in [3.8, 4) is 5.06 Å². The van der Waals surface area contributed by atoms with E-state index in [1.807, 2.05) is 23.1 Å². The van der Waals surface area contributed by atoms with Crippen molar-refractivity contribution in [2.45, 2.75) is 12.3 Å². The number of benzene rings is 1. The van der Waals surface area contributed by atoms with Crippen LogP contribution in [-0.4, -0.2) is 36.1 Å². The minimum Gasteiger partial charge on any atom is -0.486 e. The number of carbonyl (C=O) groups excluding carboxylic acids is 1. The van der Waals surface area contributed by atoms with Gasteiger partial charge in [0, 0.05) is 19.0 Å². The quantitative estimate of drug-likeness (QED) is 0.947. The largest absolute Gasteiger partial charge is 0.486 e. The van der Waals surface area contributed by atoms with Crippen molar-refractivity contribution in [2.75, 3.05) is 25.5 Å². The van der Waals surface area contributed by atoms with E-state index >= 15 is 0 Å². The molecule has 0 aliphatic carbocycles. The Balaban J connectivity index is 1.59. The fraction of sp³-hybridized carbons (Fsp3) is 0.333. The first-order valence-electron chi connectivity index (χ1n) is 6.87. The van der Waals surface area contributed by atoms with E-state index in [1.165, 1.54) is 16.9 Å². The van der Waals surface area contributed by atoms with E-state index in [9.17, 15) is 4.79 Å². The van der Waals surface area contributed by atoms with Crippen molar-refractivity contribution < 1.29 is 9.53 Å². The fourth-order valence-electron chi connectivity index (χ4n) is 2.52. The van der Waals surface area contributed by atoms with Crippen molar-refractivity contribution in [3.05, 3.63) is 42.1 Å². The van der Waals surface area contributed by atoms with E-state index in [1.54, 1.807) is 13.3 Å². The standard InChI is InChI=1S/C15H17N3O2S/c1-20-13-9-16-14(21-13)17-15(19)18-8-7-12(10-18)11-5-3-2-4-6-11/h2-6,9,12H,7-8,10H2,1H3,(H,16,17,19)/t12-/m1/s1. The average Bonchev–Trinajstić information content (AvgIpc) is 3.17. The lowest BCUT2D eigenvalue weighted by Gasteiger charge is -2.16. The van der Waals surface area contributed by atoms with Crippen LogP contribution in [-0.2, 0) is 0 Å². The predicted octanol–water partition coefficient (Wildman–Crippen LogP) is 3.17. The lowest BCUT2D eigenvalue weighted by atomic mass is 9.99. The number of carbonyl (C=O) groups is 1. The Morgan fingerprint density at radius 1 is 1.43 bits per heavy atom. The molecule has 0 bridgehead atoms. The molecule has 1 aromatic carbocycles. The summed E-state index contributed by atoms with van der Waals surface area (Å²) < 4.78 is 5.07. The van der Waals surface area contributed by atoms with Gasteiger partial charge in [-0.25, -0.2) is 9.78 Å². The van der Waals surface area contributed by atoms with Crippen LogP contribution in [0.4, 0.5) is 9.93 Å². The lowest BCUT2D eigenvalue weighted by Crippen LogP contribution is -2.32. The molecule has 2 amide bonds. The zero-order chi connectivity index (χ0) is 14.7. The van der Waals surface area contributed by atoms with E-state index in [4.69, 9.17) is 4.74 Å². The van der Waals surface area contributed by atoms with Gasteiger partial charge in [-0.15, -0.1) is 0 Å². The summed E-state index contributed by atoms with van der Waals surface area (Å²) in [7, 11) is 1.59. The SMILES string of the molecule is COc1cnc(NC(=O)N2CC[C@@H](c3ccccc3)C2)s1. The van der Waals surface area contributed by atoms with Gasteiger partial charge < -0.3 is 9.64 Å². The third-order valence-electron chi connectivity index (χ3n) is 3.65. The second-order valence-electron chi connectivity index (χ2n) is 4.96. The van der Waals surface area contributed by atoms with Gasteiger partial charge in [0.25, 0.3) is 0 Å². The molecule has 0 saturated carbocycles. The number of nitrogens with zero attached hydrogens (tertiary/aromatic N) is 2. The number of anilines is 1. The molecule has 0 spiro atoms. The summed E-state index contributed by atoms with van der Waals surface area (Å²) in [4.78, 5) is 18.2. The van der Waals surface area contributed by atoms with Crippen LogP contribution in [0, 0.1) is 0 Å². The van der Waals surface area contributed by atoms with Crippen LogP contribution in [0.1, 0.15) is 17.9 Å². The molecule has 1 aliphatic heterocycles. The van der Waals surface area contributed by atoms with Gasteiger partial charge in [-0.1, -0.05) is 41.7 Å². The molecule has 5 nitrogen and oxygen atoms in total. The Hall–Kier alpha value is -2.08. The lowest BCUT2D eigenvalue weighted by molar-refractivity contribution is 0.222. The minimum atomic E-state index is -0.0922. The Kier molecular flexibility index (Phi) is 4.06. The number of thiazole rings is 1. The summed E-state index contributed by atoms with van der Waals surface area (Å²) in [5, 5.41) is 4.08. The molecule has 1 aliphatic rings. The highest BCUT2D eigenvalue weighted by molar-refractivity contribution is 7.17. The zero-order valence-electron chi connectivity index (χ0n) is 11.8. The third kappa shape index (κ3) is 3.16. The van der Waals surface area contributed by atoms with Crippen LogP contribution in [0.15, 0.2) is 36.5 Å². The molecule has 1 aromatic heterocycles. The number of likely N-dealkylation sites (tertiary alicyclic amines) is 1. The number of hydrogen-bond acceptors (Lipinski definition) is 4. The molecule has 1 N–H and O–H groups in total. The maximum Gasteiger partial charge on any atom is 0.323 e. The zero-order valence-corrected chi connectivity index (χ0v) is 12.6. The second-order valence-corrected chi connectivity index (χ2v) is 5.95. The number of amides is 2. The van der Waals surface area contributed by atoms with Crippen molar-refractivity contribution in [1.82, 2.24) is 9.88 Å². The van der Waals surface area contributed by atoms with Crippen molar-refractivity contribution in [1.29, 1.82) is 0 Å². The molecule has 1 fully saturated rings. The highest BCUT2D eigenvalue weighted by Gasteiger charge is 2.27.